The minimum atomic E-state index is 1.19. The van der Waals surface area contributed by atoms with E-state index in [1.807, 2.05) is 0 Å². The van der Waals surface area contributed by atoms with Crippen LogP contribution in [0.4, 0.5) is 0 Å². The third kappa shape index (κ3) is 1.91. The summed E-state index contributed by atoms with van der Waals surface area (Å²) in [6, 6.07) is 31.0. The van der Waals surface area contributed by atoms with E-state index in [9.17, 15) is 0 Å². The van der Waals surface area contributed by atoms with Gasteiger partial charge in [-0.2, -0.15) is 0 Å². The van der Waals surface area contributed by atoms with E-state index in [0.717, 1.165) is 0 Å². The molecular formula is C27H18N2. The molecule has 7 rings (SSSR count). The molecule has 2 heteroatoms. The number of hydrogen-bond acceptors (Lipinski definition) is 0. The Bertz CT molecular complexity index is 1760. The molecule has 0 fully saturated rings. The summed E-state index contributed by atoms with van der Waals surface area (Å²) in [6.07, 6.45) is 0. The molecule has 0 aliphatic carbocycles. The first-order chi connectivity index (χ1) is 14.3. The molecule has 7 aromatic rings. The van der Waals surface area contributed by atoms with Crippen LogP contribution in [0.15, 0.2) is 84.9 Å². The van der Waals surface area contributed by atoms with Crippen molar-refractivity contribution in [3.8, 4) is 0 Å². The predicted molar refractivity (Wildman–Crippen MR) is 125 cm³/mol. The van der Waals surface area contributed by atoms with Crippen LogP contribution in [0.25, 0.3) is 65.2 Å². The van der Waals surface area contributed by atoms with Crippen molar-refractivity contribution in [2.24, 2.45) is 7.05 Å². The van der Waals surface area contributed by atoms with Crippen molar-refractivity contribution in [1.29, 1.82) is 0 Å². The molecule has 136 valence electrons. The molecule has 2 nitrogen and oxygen atoms in total. The maximum Gasteiger partial charge on any atom is 0.0568 e. The number of rotatable bonds is 0. The normalized spacial score (nSPS) is 12.3. The molecule has 0 unspecified atom stereocenters. The highest BCUT2D eigenvalue weighted by atomic mass is 14.9. The van der Waals surface area contributed by atoms with Crippen LogP contribution < -0.4 is 0 Å². The van der Waals surface area contributed by atoms with E-state index in [4.69, 9.17) is 0 Å². The van der Waals surface area contributed by atoms with Crippen LogP contribution in [-0.4, -0.2) is 9.55 Å². The average Bonchev–Trinajstić information content (AvgIpc) is 3.26. The van der Waals surface area contributed by atoms with Gasteiger partial charge in [0.25, 0.3) is 0 Å². The minimum absolute atomic E-state index is 1.19. The second-order valence-corrected chi connectivity index (χ2v) is 8.03. The van der Waals surface area contributed by atoms with Crippen molar-refractivity contribution in [3.63, 3.8) is 0 Å². The van der Waals surface area contributed by atoms with Crippen molar-refractivity contribution < 1.29 is 0 Å². The Morgan fingerprint density at radius 1 is 0.552 bits per heavy atom. The molecule has 0 bridgehead atoms. The van der Waals surface area contributed by atoms with Crippen LogP contribution >= 0.6 is 0 Å². The van der Waals surface area contributed by atoms with E-state index in [2.05, 4.69) is 102 Å². The standard InChI is InChI=1S/C27H18N2/c1-29-26-15-25-22(19-8-4-5-9-24(19)28-25)14-23(26)20-11-10-18-12-16-6-2-3-7-17(16)13-21(18)27(20)29/h2-15,28H,1H3. The van der Waals surface area contributed by atoms with E-state index >= 15 is 0 Å². The number of nitrogens with one attached hydrogen (secondary N) is 1. The van der Waals surface area contributed by atoms with Gasteiger partial charge in [-0.25, -0.2) is 0 Å². The smallest absolute Gasteiger partial charge is 0.0568 e. The second kappa shape index (κ2) is 5.18. The third-order valence-corrected chi connectivity index (χ3v) is 6.47. The van der Waals surface area contributed by atoms with Crippen LogP contribution in [0.1, 0.15) is 0 Å². The Hall–Kier alpha value is -3.78. The van der Waals surface area contributed by atoms with Gasteiger partial charge >= 0.3 is 0 Å². The van der Waals surface area contributed by atoms with Crippen LogP contribution in [-0.2, 0) is 7.05 Å². The lowest BCUT2D eigenvalue weighted by molar-refractivity contribution is 1.02. The molecule has 0 aliphatic rings. The van der Waals surface area contributed by atoms with Gasteiger partial charge in [-0.1, -0.05) is 54.6 Å². The lowest BCUT2D eigenvalue weighted by atomic mass is 10.0. The number of aryl methyl sites for hydroxylation is 1. The number of aromatic amines is 1. The molecule has 0 aliphatic heterocycles. The highest BCUT2D eigenvalue weighted by Gasteiger charge is 2.14. The Morgan fingerprint density at radius 2 is 1.34 bits per heavy atom. The molecule has 0 atom stereocenters. The van der Waals surface area contributed by atoms with Crippen molar-refractivity contribution in [1.82, 2.24) is 9.55 Å². The number of nitrogens with zero attached hydrogens (tertiary/aromatic N) is 1. The Labute approximate surface area is 167 Å². The van der Waals surface area contributed by atoms with Crippen molar-refractivity contribution >= 4 is 65.2 Å². The molecule has 1 N–H and O–H groups in total. The first-order valence-electron chi connectivity index (χ1n) is 10.0. The monoisotopic (exact) mass is 370 g/mol. The number of hydrogen-bond donors (Lipinski definition) is 1. The Morgan fingerprint density at radius 3 is 2.24 bits per heavy atom. The maximum absolute atomic E-state index is 3.59. The molecule has 0 amide bonds. The van der Waals surface area contributed by atoms with Gasteiger partial charge in [-0.15, -0.1) is 0 Å². The quantitative estimate of drug-likeness (QED) is 0.271. The van der Waals surface area contributed by atoms with Gasteiger partial charge in [0, 0.05) is 45.0 Å². The lowest BCUT2D eigenvalue weighted by Crippen LogP contribution is -1.88. The topological polar surface area (TPSA) is 20.7 Å². The fraction of sp³-hybridized carbons (Fsp3) is 0.0370. The summed E-state index contributed by atoms with van der Waals surface area (Å²) >= 11 is 0. The average molecular weight is 370 g/mol. The molecular weight excluding hydrogens is 352 g/mol. The van der Waals surface area contributed by atoms with Gasteiger partial charge in [-0.3, -0.25) is 0 Å². The van der Waals surface area contributed by atoms with E-state index < -0.39 is 0 Å². The number of fused-ring (bicyclic) bond motifs is 9. The maximum atomic E-state index is 3.59. The fourth-order valence-corrected chi connectivity index (χ4v) is 5.08. The number of para-hydroxylation sites is 1. The van der Waals surface area contributed by atoms with Gasteiger partial charge in [0.05, 0.1) is 11.0 Å². The van der Waals surface area contributed by atoms with Gasteiger partial charge in [0.2, 0.25) is 0 Å². The highest BCUT2D eigenvalue weighted by Crippen LogP contribution is 2.38. The molecule has 0 spiro atoms. The van der Waals surface area contributed by atoms with Crippen LogP contribution in [0.3, 0.4) is 0 Å². The summed E-state index contributed by atoms with van der Waals surface area (Å²) in [6.45, 7) is 0. The van der Waals surface area contributed by atoms with Crippen LogP contribution in [0.2, 0.25) is 0 Å². The summed E-state index contributed by atoms with van der Waals surface area (Å²) in [5.41, 5.74) is 4.96. The fourth-order valence-electron chi connectivity index (χ4n) is 5.08. The van der Waals surface area contributed by atoms with Gasteiger partial charge in [-0.05, 0) is 46.5 Å². The zero-order valence-corrected chi connectivity index (χ0v) is 16.0. The van der Waals surface area contributed by atoms with Crippen LogP contribution in [0, 0.1) is 0 Å². The molecule has 0 saturated heterocycles. The zero-order chi connectivity index (χ0) is 19.1. The van der Waals surface area contributed by atoms with Gasteiger partial charge in [0.1, 0.15) is 0 Å². The molecule has 2 heterocycles. The van der Waals surface area contributed by atoms with Gasteiger partial charge in [0.15, 0.2) is 0 Å². The molecule has 29 heavy (non-hydrogen) atoms. The number of benzene rings is 5. The summed E-state index contributed by atoms with van der Waals surface area (Å²) in [7, 11) is 2.19. The summed E-state index contributed by atoms with van der Waals surface area (Å²) < 4.78 is 2.35. The lowest BCUT2D eigenvalue weighted by Gasteiger charge is -2.06. The molecule has 2 aromatic heterocycles. The van der Waals surface area contributed by atoms with E-state index in [1.165, 1.54) is 65.2 Å². The predicted octanol–water partition coefficient (Wildman–Crippen LogP) is 7.27. The highest BCUT2D eigenvalue weighted by molar-refractivity contribution is 6.23. The molecule has 0 saturated carbocycles. The van der Waals surface area contributed by atoms with E-state index in [-0.39, 0.29) is 0 Å². The summed E-state index contributed by atoms with van der Waals surface area (Å²) in [5, 5.41) is 10.4. The number of H-pyrrole nitrogens is 1. The third-order valence-electron chi connectivity index (χ3n) is 6.47. The van der Waals surface area contributed by atoms with E-state index in [1.54, 1.807) is 0 Å². The SMILES string of the molecule is Cn1c2cc3[nH]c4ccccc4c3cc2c2ccc3cc4ccccc4cc3c21. The van der Waals surface area contributed by atoms with E-state index in [0.29, 0.717) is 0 Å². The first kappa shape index (κ1) is 15.2. The van der Waals surface area contributed by atoms with Crippen molar-refractivity contribution in [3.05, 3.63) is 84.9 Å². The molecule has 5 aromatic carbocycles. The zero-order valence-electron chi connectivity index (χ0n) is 16.0. The summed E-state index contributed by atoms with van der Waals surface area (Å²) in [4.78, 5) is 3.59. The van der Waals surface area contributed by atoms with Crippen LogP contribution in [0.5, 0.6) is 0 Å². The van der Waals surface area contributed by atoms with Gasteiger partial charge < -0.3 is 9.55 Å². The number of aromatic nitrogens is 2. The second-order valence-electron chi connectivity index (χ2n) is 8.03. The molecule has 0 radical (unpaired) electrons. The largest absolute Gasteiger partial charge is 0.354 e. The van der Waals surface area contributed by atoms with Crippen molar-refractivity contribution in [2.45, 2.75) is 0 Å². The first-order valence-corrected chi connectivity index (χ1v) is 10.0. The summed E-state index contributed by atoms with van der Waals surface area (Å²) in [5.74, 6) is 0. The minimum Gasteiger partial charge on any atom is -0.354 e. The van der Waals surface area contributed by atoms with Crippen molar-refractivity contribution in [2.75, 3.05) is 0 Å². The Kier molecular flexibility index (Phi) is 2.71. The Balaban J connectivity index is 1.69.